The van der Waals surface area contributed by atoms with Crippen LogP contribution in [0.5, 0.6) is 17.2 Å². The standard InChI is InChI=1S/C28H23ClN2O6S/c1-35-27-17-21(12-14-26(27)36-19-20-8-4-2-5-9-20)28(32)31-30-18-22-16-23(29)13-15-25(22)37-38(33,34)24-10-6-3-7-11-24/h2-18H,19H2,1H3,(H,31,32)/b30-18+. The normalized spacial score (nSPS) is 11.2. The van der Waals surface area contributed by atoms with Crippen LogP contribution < -0.4 is 19.1 Å². The second kappa shape index (κ2) is 12.3. The van der Waals surface area contributed by atoms with E-state index in [1.54, 1.807) is 30.3 Å². The molecule has 0 fully saturated rings. The van der Waals surface area contributed by atoms with Gasteiger partial charge in [0, 0.05) is 16.1 Å². The minimum Gasteiger partial charge on any atom is -0.493 e. The van der Waals surface area contributed by atoms with E-state index in [4.69, 9.17) is 25.3 Å². The van der Waals surface area contributed by atoms with Gasteiger partial charge in [-0.05, 0) is 54.1 Å². The minimum atomic E-state index is -4.09. The van der Waals surface area contributed by atoms with Gasteiger partial charge in [-0.25, -0.2) is 5.43 Å². The van der Waals surface area contributed by atoms with E-state index in [0.717, 1.165) is 5.56 Å². The van der Waals surface area contributed by atoms with Gasteiger partial charge in [0.15, 0.2) is 17.2 Å². The van der Waals surface area contributed by atoms with Crippen molar-refractivity contribution in [3.8, 4) is 17.2 Å². The first kappa shape index (κ1) is 26.7. The van der Waals surface area contributed by atoms with E-state index < -0.39 is 16.0 Å². The van der Waals surface area contributed by atoms with Crippen LogP contribution in [0.2, 0.25) is 5.02 Å². The highest BCUT2D eigenvalue weighted by Gasteiger charge is 2.18. The molecule has 0 radical (unpaired) electrons. The molecule has 4 rings (SSSR count). The zero-order valence-electron chi connectivity index (χ0n) is 20.2. The van der Waals surface area contributed by atoms with Gasteiger partial charge in [0.05, 0.1) is 13.3 Å². The number of amides is 1. The number of nitrogens with zero attached hydrogens (tertiary/aromatic N) is 1. The molecule has 0 heterocycles. The van der Waals surface area contributed by atoms with Crippen molar-refractivity contribution in [3.05, 3.63) is 119 Å². The molecular weight excluding hydrogens is 528 g/mol. The van der Waals surface area contributed by atoms with Crippen LogP contribution in [0.15, 0.2) is 107 Å². The van der Waals surface area contributed by atoms with Gasteiger partial charge in [0.1, 0.15) is 11.5 Å². The average molecular weight is 551 g/mol. The highest BCUT2D eigenvalue weighted by molar-refractivity contribution is 7.87. The predicted octanol–water partition coefficient (Wildman–Crippen LogP) is 5.46. The van der Waals surface area contributed by atoms with Crippen molar-refractivity contribution in [1.82, 2.24) is 5.43 Å². The van der Waals surface area contributed by atoms with Gasteiger partial charge >= 0.3 is 10.1 Å². The number of hydrogen-bond acceptors (Lipinski definition) is 7. The Balaban J connectivity index is 1.45. The quantitative estimate of drug-likeness (QED) is 0.160. The van der Waals surface area contributed by atoms with Crippen molar-refractivity contribution < 1.29 is 26.9 Å². The molecule has 0 saturated heterocycles. The predicted molar refractivity (Wildman–Crippen MR) is 145 cm³/mol. The molecule has 1 amide bonds. The topological polar surface area (TPSA) is 103 Å². The summed E-state index contributed by atoms with van der Waals surface area (Å²) >= 11 is 6.08. The number of halogens is 1. The lowest BCUT2D eigenvalue weighted by Crippen LogP contribution is -2.18. The molecule has 38 heavy (non-hydrogen) atoms. The molecule has 0 aromatic heterocycles. The van der Waals surface area contributed by atoms with E-state index >= 15 is 0 Å². The lowest BCUT2D eigenvalue weighted by Gasteiger charge is -2.12. The highest BCUT2D eigenvalue weighted by atomic mass is 35.5. The Morgan fingerprint density at radius 1 is 0.895 bits per heavy atom. The molecule has 0 saturated carbocycles. The van der Waals surface area contributed by atoms with Crippen LogP contribution >= 0.6 is 11.6 Å². The number of carbonyl (C=O) groups excluding carboxylic acids is 1. The summed E-state index contributed by atoms with van der Waals surface area (Å²) in [4.78, 5) is 12.7. The molecule has 4 aromatic rings. The maximum absolute atomic E-state index is 12.7. The first-order chi connectivity index (χ1) is 18.4. The van der Waals surface area contributed by atoms with Gasteiger partial charge < -0.3 is 13.7 Å². The van der Waals surface area contributed by atoms with Gasteiger partial charge in [0.2, 0.25) is 0 Å². The summed E-state index contributed by atoms with van der Waals surface area (Å²) < 4.78 is 41.8. The fourth-order valence-corrected chi connectivity index (χ4v) is 4.49. The van der Waals surface area contributed by atoms with Crippen molar-refractivity contribution in [2.24, 2.45) is 5.10 Å². The van der Waals surface area contributed by atoms with Crippen LogP contribution in [0.3, 0.4) is 0 Å². The SMILES string of the molecule is COc1cc(C(=O)N/N=C/c2cc(Cl)ccc2OS(=O)(=O)c2ccccc2)ccc1OCc1ccccc1. The smallest absolute Gasteiger partial charge is 0.339 e. The highest BCUT2D eigenvalue weighted by Crippen LogP contribution is 2.29. The van der Waals surface area contributed by atoms with Crippen molar-refractivity contribution in [2.45, 2.75) is 11.5 Å². The Labute approximate surface area is 225 Å². The Morgan fingerprint density at radius 2 is 1.58 bits per heavy atom. The second-order valence-corrected chi connectivity index (χ2v) is 9.85. The number of carbonyl (C=O) groups is 1. The molecule has 194 valence electrons. The van der Waals surface area contributed by atoms with Gasteiger partial charge in [-0.15, -0.1) is 0 Å². The van der Waals surface area contributed by atoms with Crippen molar-refractivity contribution in [1.29, 1.82) is 0 Å². The minimum absolute atomic E-state index is 0.00200. The molecule has 0 aliphatic carbocycles. The lowest BCUT2D eigenvalue weighted by atomic mass is 10.2. The molecule has 8 nitrogen and oxygen atoms in total. The summed E-state index contributed by atoms with van der Waals surface area (Å²) in [5.74, 6) is 0.347. The number of hydrogen-bond donors (Lipinski definition) is 1. The number of ether oxygens (including phenoxy) is 2. The summed E-state index contributed by atoms with van der Waals surface area (Å²) in [5.41, 5.74) is 3.92. The summed E-state index contributed by atoms with van der Waals surface area (Å²) in [7, 11) is -2.60. The van der Waals surface area contributed by atoms with Gasteiger partial charge in [-0.3, -0.25) is 4.79 Å². The summed E-state index contributed by atoms with van der Waals surface area (Å²) in [6.07, 6.45) is 1.24. The molecule has 0 spiro atoms. The zero-order chi connectivity index (χ0) is 27.0. The molecular formula is C28H23ClN2O6S. The first-order valence-electron chi connectivity index (χ1n) is 11.3. The largest absolute Gasteiger partial charge is 0.493 e. The molecule has 10 heteroatoms. The van der Waals surface area contributed by atoms with E-state index in [1.165, 1.54) is 49.7 Å². The van der Waals surface area contributed by atoms with Crippen LogP contribution in [0.4, 0.5) is 0 Å². The first-order valence-corrected chi connectivity index (χ1v) is 13.1. The second-order valence-electron chi connectivity index (χ2n) is 7.87. The Morgan fingerprint density at radius 3 is 2.29 bits per heavy atom. The third-order valence-corrected chi connectivity index (χ3v) is 6.72. The number of methoxy groups -OCH3 is 1. The third-order valence-electron chi connectivity index (χ3n) is 5.24. The number of rotatable bonds is 10. The molecule has 0 aliphatic heterocycles. The molecule has 0 bridgehead atoms. The van der Waals surface area contributed by atoms with Crippen molar-refractivity contribution in [2.75, 3.05) is 7.11 Å². The van der Waals surface area contributed by atoms with Gasteiger partial charge in [-0.1, -0.05) is 60.1 Å². The number of nitrogens with one attached hydrogen (secondary N) is 1. The van der Waals surface area contributed by atoms with Crippen LogP contribution in [-0.2, 0) is 16.7 Å². The summed E-state index contributed by atoms with van der Waals surface area (Å²) in [6, 6.07) is 26.5. The molecule has 0 atom stereocenters. The van der Waals surface area contributed by atoms with Crippen LogP contribution in [0, 0.1) is 0 Å². The van der Waals surface area contributed by atoms with E-state index in [9.17, 15) is 13.2 Å². The van der Waals surface area contributed by atoms with E-state index in [-0.39, 0.29) is 21.8 Å². The fourth-order valence-electron chi connectivity index (χ4n) is 3.34. The molecule has 0 unspecified atom stereocenters. The van der Waals surface area contributed by atoms with Crippen LogP contribution in [-0.4, -0.2) is 27.6 Å². The maximum Gasteiger partial charge on any atom is 0.339 e. The summed E-state index contributed by atoms with van der Waals surface area (Å²) in [6.45, 7) is 0.344. The Bertz CT molecular complexity index is 1540. The van der Waals surface area contributed by atoms with Crippen molar-refractivity contribution in [3.63, 3.8) is 0 Å². The molecule has 1 N–H and O–H groups in total. The molecule has 4 aromatic carbocycles. The van der Waals surface area contributed by atoms with Crippen molar-refractivity contribution >= 4 is 33.8 Å². The van der Waals surface area contributed by atoms with Crippen LogP contribution in [0.1, 0.15) is 21.5 Å². The van der Waals surface area contributed by atoms with Crippen LogP contribution in [0.25, 0.3) is 0 Å². The van der Waals surface area contributed by atoms with E-state index in [1.807, 2.05) is 30.3 Å². The lowest BCUT2D eigenvalue weighted by molar-refractivity contribution is 0.0954. The Hall–Kier alpha value is -4.34. The maximum atomic E-state index is 12.7. The zero-order valence-corrected chi connectivity index (χ0v) is 21.8. The fraction of sp³-hybridized carbons (Fsp3) is 0.0714. The number of hydrazone groups is 1. The molecule has 0 aliphatic rings. The van der Waals surface area contributed by atoms with E-state index in [0.29, 0.717) is 23.1 Å². The van der Waals surface area contributed by atoms with Gasteiger partial charge in [-0.2, -0.15) is 13.5 Å². The monoisotopic (exact) mass is 550 g/mol. The average Bonchev–Trinajstić information content (AvgIpc) is 2.94. The summed E-state index contributed by atoms with van der Waals surface area (Å²) in [5, 5.41) is 4.28. The number of benzene rings is 4. The van der Waals surface area contributed by atoms with E-state index in [2.05, 4.69) is 10.5 Å². The van der Waals surface area contributed by atoms with Gasteiger partial charge in [0.25, 0.3) is 5.91 Å². The third kappa shape index (κ3) is 6.90. The Kier molecular flexibility index (Phi) is 8.62.